The molecule has 218 valence electrons. The van der Waals surface area contributed by atoms with Crippen LogP contribution in [-0.2, 0) is 25.7 Å². The summed E-state index contributed by atoms with van der Waals surface area (Å²) in [4.78, 5) is 56.1. The molecule has 2 heterocycles. The second-order valence-corrected chi connectivity index (χ2v) is 11.2. The van der Waals surface area contributed by atoms with E-state index in [1.54, 1.807) is 37.6 Å². The van der Waals surface area contributed by atoms with Crippen LogP contribution in [0.3, 0.4) is 0 Å². The Balaban J connectivity index is 1.55. The van der Waals surface area contributed by atoms with E-state index in [1.807, 2.05) is 31.2 Å². The van der Waals surface area contributed by atoms with Crippen LogP contribution in [0.15, 0.2) is 29.8 Å². The summed E-state index contributed by atoms with van der Waals surface area (Å²) >= 11 is 1.57. The summed E-state index contributed by atoms with van der Waals surface area (Å²) in [6.07, 6.45) is -1.90. The standard InChI is InChI=1S/C27H37N5O7S/c1-16-23(40-15-30-16)19-7-5-18(6-8-19)12-29-24(35)21-11-20(33)13-32(21)25(36)27(3,4)17(2)31-22(34)14-39-10-9-28-26(37)38/h5-8,15,17,20-21,28,33H,9-14H2,1-4H3,(H,29,35)(H,31,34)(H,37,38)/t17-,20+,21-/m0/s1. The zero-order valence-electron chi connectivity index (χ0n) is 23.1. The molecule has 0 radical (unpaired) electrons. The number of aryl methyl sites for hydroxylation is 1. The Morgan fingerprint density at radius 1 is 1.20 bits per heavy atom. The molecular formula is C27H37N5O7S. The number of aromatic nitrogens is 1. The fourth-order valence-electron chi connectivity index (χ4n) is 4.36. The number of β-amino-alcohol motifs (C(OH)–C–C–N with tert-alkyl or cyclic N) is 1. The van der Waals surface area contributed by atoms with Crippen LogP contribution in [0.4, 0.5) is 4.79 Å². The molecule has 1 saturated heterocycles. The van der Waals surface area contributed by atoms with Gasteiger partial charge in [0.05, 0.1) is 34.2 Å². The average molecular weight is 576 g/mol. The number of carbonyl (C=O) groups excluding carboxylic acids is 3. The van der Waals surface area contributed by atoms with Crippen molar-refractivity contribution < 1.29 is 34.1 Å². The summed E-state index contributed by atoms with van der Waals surface area (Å²) in [7, 11) is 0. The summed E-state index contributed by atoms with van der Waals surface area (Å²) in [5.41, 5.74) is 3.63. The molecule has 0 saturated carbocycles. The maximum absolute atomic E-state index is 13.5. The highest BCUT2D eigenvalue weighted by Crippen LogP contribution is 2.30. The number of hydrogen-bond donors (Lipinski definition) is 5. The van der Waals surface area contributed by atoms with Gasteiger partial charge in [-0.25, -0.2) is 9.78 Å². The van der Waals surface area contributed by atoms with E-state index >= 15 is 0 Å². The molecule has 1 aromatic heterocycles. The van der Waals surface area contributed by atoms with Crippen molar-refractivity contribution in [2.45, 2.75) is 58.8 Å². The Morgan fingerprint density at radius 2 is 1.90 bits per heavy atom. The van der Waals surface area contributed by atoms with Crippen molar-refractivity contribution in [2.24, 2.45) is 5.41 Å². The molecule has 1 aliphatic heterocycles. The van der Waals surface area contributed by atoms with E-state index in [1.165, 1.54) is 4.90 Å². The number of hydrogen-bond acceptors (Lipinski definition) is 8. The summed E-state index contributed by atoms with van der Waals surface area (Å²) in [6, 6.07) is 6.37. The van der Waals surface area contributed by atoms with E-state index in [0.717, 1.165) is 21.7 Å². The van der Waals surface area contributed by atoms with Crippen molar-refractivity contribution in [1.29, 1.82) is 0 Å². The number of nitrogens with one attached hydrogen (secondary N) is 3. The molecule has 2 aromatic rings. The number of carboxylic acid groups (broad SMARTS) is 1. The largest absolute Gasteiger partial charge is 0.465 e. The van der Waals surface area contributed by atoms with Crippen molar-refractivity contribution in [1.82, 2.24) is 25.8 Å². The van der Waals surface area contributed by atoms with Crippen molar-refractivity contribution in [3.05, 3.63) is 41.0 Å². The van der Waals surface area contributed by atoms with Gasteiger partial charge in [-0.05, 0) is 38.8 Å². The van der Waals surface area contributed by atoms with Gasteiger partial charge in [0.2, 0.25) is 17.7 Å². The van der Waals surface area contributed by atoms with Gasteiger partial charge in [0.1, 0.15) is 12.6 Å². The number of ether oxygens (including phenoxy) is 1. The SMILES string of the molecule is Cc1ncsc1-c1ccc(CNC(=O)[C@@H]2C[C@@H](O)CN2C(=O)C(C)(C)[C@H](C)NC(=O)COCCNC(=O)O)cc1. The fraction of sp³-hybridized carbons (Fsp3) is 0.519. The molecule has 1 aromatic carbocycles. The van der Waals surface area contributed by atoms with Crippen LogP contribution >= 0.6 is 11.3 Å². The second kappa shape index (κ2) is 13.7. The van der Waals surface area contributed by atoms with E-state index < -0.39 is 35.6 Å². The molecular weight excluding hydrogens is 538 g/mol. The lowest BCUT2D eigenvalue weighted by Gasteiger charge is -2.36. The Hall–Kier alpha value is -3.55. The smallest absolute Gasteiger partial charge is 0.404 e. The van der Waals surface area contributed by atoms with Gasteiger partial charge < -0.3 is 35.8 Å². The number of likely N-dealkylation sites (tertiary alicyclic amines) is 1. The first kappa shape index (κ1) is 31.0. The number of rotatable bonds is 12. The Kier molecular flexibility index (Phi) is 10.6. The van der Waals surface area contributed by atoms with Crippen LogP contribution in [0.2, 0.25) is 0 Å². The molecule has 5 N–H and O–H groups in total. The maximum atomic E-state index is 13.5. The van der Waals surface area contributed by atoms with Crippen LogP contribution in [0.1, 0.15) is 38.4 Å². The number of amides is 4. The second-order valence-electron chi connectivity index (χ2n) is 10.3. The molecule has 0 unspecified atom stereocenters. The molecule has 3 rings (SSSR count). The van der Waals surface area contributed by atoms with E-state index in [2.05, 4.69) is 20.9 Å². The summed E-state index contributed by atoms with van der Waals surface area (Å²) in [5.74, 6) is -1.19. The first-order chi connectivity index (χ1) is 18.9. The lowest BCUT2D eigenvalue weighted by molar-refractivity contribution is -0.147. The van der Waals surface area contributed by atoms with E-state index in [9.17, 15) is 24.3 Å². The molecule has 4 amide bonds. The lowest BCUT2D eigenvalue weighted by atomic mass is 9.83. The third-order valence-electron chi connectivity index (χ3n) is 7.04. The van der Waals surface area contributed by atoms with E-state index in [4.69, 9.17) is 9.84 Å². The zero-order chi connectivity index (χ0) is 29.4. The molecule has 12 nitrogen and oxygen atoms in total. The quantitative estimate of drug-likeness (QED) is 0.237. The van der Waals surface area contributed by atoms with E-state index in [0.29, 0.717) is 0 Å². The fourth-order valence-corrected chi connectivity index (χ4v) is 5.17. The summed E-state index contributed by atoms with van der Waals surface area (Å²) in [5, 5.41) is 26.6. The topological polar surface area (TPSA) is 170 Å². The molecule has 13 heteroatoms. The number of carbonyl (C=O) groups is 4. The van der Waals surface area contributed by atoms with Gasteiger partial charge in [0, 0.05) is 32.1 Å². The van der Waals surface area contributed by atoms with Crippen molar-refractivity contribution in [2.75, 3.05) is 26.3 Å². The average Bonchev–Trinajstić information content (AvgIpc) is 3.51. The van der Waals surface area contributed by atoms with Crippen molar-refractivity contribution in [3.63, 3.8) is 0 Å². The lowest BCUT2D eigenvalue weighted by Crippen LogP contribution is -2.56. The van der Waals surface area contributed by atoms with Crippen LogP contribution in [0.25, 0.3) is 10.4 Å². The molecule has 3 atom stereocenters. The predicted molar refractivity (Wildman–Crippen MR) is 148 cm³/mol. The minimum atomic E-state index is -1.18. The van der Waals surface area contributed by atoms with Crippen LogP contribution in [0, 0.1) is 12.3 Å². The Morgan fingerprint density at radius 3 is 2.52 bits per heavy atom. The molecule has 0 aliphatic carbocycles. The van der Waals surface area contributed by atoms with Crippen LogP contribution in [-0.4, -0.2) is 88.4 Å². The summed E-state index contributed by atoms with van der Waals surface area (Å²) in [6.45, 7) is 7.04. The molecule has 0 spiro atoms. The summed E-state index contributed by atoms with van der Waals surface area (Å²) < 4.78 is 5.15. The monoisotopic (exact) mass is 575 g/mol. The van der Waals surface area contributed by atoms with Gasteiger partial charge in [-0.2, -0.15) is 0 Å². The first-order valence-electron chi connectivity index (χ1n) is 13.0. The van der Waals surface area contributed by atoms with Gasteiger partial charge in [0.25, 0.3) is 0 Å². The predicted octanol–water partition coefficient (Wildman–Crippen LogP) is 1.51. The molecule has 1 fully saturated rings. The molecule has 0 bridgehead atoms. The Bertz CT molecular complexity index is 1200. The minimum absolute atomic E-state index is 0.0175. The Labute approximate surface area is 237 Å². The third-order valence-corrected chi connectivity index (χ3v) is 8.02. The molecule has 1 aliphatic rings. The van der Waals surface area contributed by atoms with Gasteiger partial charge in [-0.1, -0.05) is 24.3 Å². The first-order valence-corrected chi connectivity index (χ1v) is 13.9. The zero-order valence-corrected chi connectivity index (χ0v) is 23.9. The van der Waals surface area contributed by atoms with Crippen LogP contribution < -0.4 is 16.0 Å². The minimum Gasteiger partial charge on any atom is -0.465 e. The van der Waals surface area contributed by atoms with Gasteiger partial charge in [0.15, 0.2) is 0 Å². The molecule has 40 heavy (non-hydrogen) atoms. The van der Waals surface area contributed by atoms with Gasteiger partial charge in [-0.3, -0.25) is 14.4 Å². The number of thiazole rings is 1. The number of aliphatic hydroxyl groups excluding tert-OH is 1. The third kappa shape index (κ3) is 7.99. The van der Waals surface area contributed by atoms with Crippen molar-refractivity contribution in [3.8, 4) is 10.4 Å². The van der Waals surface area contributed by atoms with Gasteiger partial charge in [-0.15, -0.1) is 11.3 Å². The highest BCUT2D eigenvalue weighted by Gasteiger charge is 2.46. The van der Waals surface area contributed by atoms with Crippen molar-refractivity contribution >= 4 is 35.2 Å². The maximum Gasteiger partial charge on any atom is 0.404 e. The van der Waals surface area contributed by atoms with Gasteiger partial charge >= 0.3 is 6.09 Å². The number of nitrogens with zero attached hydrogens (tertiary/aromatic N) is 2. The van der Waals surface area contributed by atoms with Crippen LogP contribution in [0.5, 0.6) is 0 Å². The highest BCUT2D eigenvalue weighted by molar-refractivity contribution is 7.13. The van der Waals surface area contributed by atoms with E-state index in [-0.39, 0.29) is 51.1 Å². The number of aliphatic hydroxyl groups is 1. The highest BCUT2D eigenvalue weighted by atomic mass is 32.1. The number of benzene rings is 1. The normalized spacial score (nSPS) is 17.8.